The van der Waals surface area contributed by atoms with E-state index in [1.54, 1.807) is 6.92 Å². The third-order valence-electron chi connectivity index (χ3n) is 1.89. The van der Waals surface area contributed by atoms with Gasteiger partial charge in [0, 0.05) is 6.07 Å². The molecule has 86 valence electrons. The molecule has 0 saturated carbocycles. The number of Topliss-reactive ketones (excluding diaryl/α,β-unsaturated/α-hetero) is 1. The first-order valence-electron chi connectivity index (χ1n) is 4.68. The Morgan fingerprint density at radius 3 is 2.62 bits per heavy atom. The molecule has 1 N–H and O–H groups in total. The molecule has 5 nitrogen and oxygen atoms in total. The highest BCUT2D eigenvalue weighted by atomic mass is 16.5. The number of benzene rings is 1. The zero-order valence-electron chi connectivity index (χ0n) is 9.02. The number of carbonyl (C=O) groups is 2. The Morgan fingerprint density at radius 1 is 1.38 bits per heavy atom. The van der Waals surface area contributed by atoms with Crippen LogP contribution in [0.1, 0.15) is 17.3 Å². The third-order valence-corrected chi connectivity index (χ3v) is 1.89. The number of phenolic OH excluding ortho intramolecular Hbond substituents is 1. The average molecular weight is 224 g/mol. The van der Waals surface area contributed by atoms with E-state index < -0.39 is 11.8 Å². The topological polar surface area (TPSA) is 72.8 Å². The molecule has 0 aliphatic carbocycles. The van der Waals surface area contributed by atoms with Gasteiger partial charge >= 0.3 is 5.97 Å². The van der Waals surface area contributed by atoms with Crippen molar-refractivity contribution in [3.05, 3.63) is 23.8 Å². The van der Waals surface area contributed by atoms with Crippen LogP contribution in [0.2, 0.25) is 0 Å². The lowest BCUT2D eigenvalue weighted by atomic mass is 10.1. The molecule has 16 heavy (non-hydrogen) atoms. The van der Waals surface area contributed by atoms with Gasteiger partial charge in [-0.3, -0.25) is 4.79 Å². The summed E-state index contributed by atoms with van der Waals surface area (Å²) in [5, 5.41) is 9.18. The second-order valence-corrected chi connectivity index (χ2v) is 2.93. The standard InChI is InChI=1S/C11H12O5/c1-3-16-11(14)10(13)8-5-4-7(12)6-9(8)15-2/h4-6,12H,3H2,1-2H3. The van der Waals surface area contributed by atoms with E-state index in [2.05, 4.69) is 4.74 Å². The van der Waals surface area contributed by atoms with Gasteiger partial charge in [0.25, 0.3) is 5.78 Å². The van der Waals surface area contributed by atoms with Gasteiger partial charge in [0.1, 0.15) is 11.5 Å². The summed E-state index contributed by atoms with van der Waals surface area (Å²) in [6, 6.07) is 3.87. The van der Waals surface area contributed by atoms with Gasteiger partial charge in [-0.2, -0.15) is 0 Å². The molecule has 0 atom stereocenters. The minimum Gasteiger partial charge on any atom is -0.508 e. The summed E-state index contributed by atoms with van der Waals surface area (Å²) in [4.78, 5) is 22.8. The second-order valence-electron chi connectivity index (χ2n) is 2.93. The lowest BCUT2D eigenvalue weighted by Gasteiger charge is -2.07. The van der Waals surface area contributed by atoms with Gasteiger partial charge in [-0.05, 0) is 19.1 Å². The van der Waals surface area contributed by atoms with Gasteiger partial charge < -0.3 is 14.6 Å². The minimum atomic E-state index is -0.938. The van der Waals surface area contributed by atoms with E-state index in [9.17, 15) is 14.7 Å². The van der Waals surface area contributed by atoms with Crippen molar-refractivity contribution in [3.8, 4) is 11.5 Å². The Kier molecular flexibility index (Phi) is 3.88. The summed E-state index contributed by atoms with van der Waals surface area (Å²) >= 11 is 0. The Bertz CT molecular complexity index is 411. The number of ether oxygens (including phenoxy) is 2. The summed E-state index contributed by atoms with van der Waals surface area (Å²) in [5.74, 6) is -1.64. The van der Waals surface area contributed by atoms with Crippen molar-refractivity contribution in [2.45, 2.75) is 6.92 Å². The van der Waals surface area contributed by atoms with Crippen LogP contribution >= 0.6 is 0 Å². The highest BCUT2D eigenvalue weighted by molar-refractivity contribution is 6.41. The predicted octanol–water partition coefficient (Wildman–Crippen LogP) is 1.15. The van der Waals surface area contributed by atoms with Crippen LogP contribution in [0.25, 0.3) is 0 Å². The van der Waals surface area contributed by atoms with E-state index in [1.165, 1.54) is 25.3 Å². The molecule has 0 saturated heterocycles. The number of aromatic hydroxyl groups is 1. The fourth-order valence-electron chi connectivity index (χ4n) is 1.17. The van der Waals surface area contributed by atoms with Crippen LogP contribution in [0.15, 0.2) is 18.2 Å². The van der Waals surface area contributed by atoms with Gasteiger partial charge in [0.2, 0.25) is 0 Å². The lowest BCUT2D eigenvalue weighted by Crippen LogP contribution is -2.18. The molecule has 0 bridgehead atoms. The van der Waals surface area contributed by atoms with E-state index >= 15 is 0 Å². The van der Waals surface area contributed by atoms with Crippen molar-refractivity contribution in [1.82, 2.24) is 0 Å². The highest BCUT2D eigenvalue weighted by Crippen LogP contribution is 2.24. The quantitative estimate of drug-likeness (QED) is 0.471. The Balaban J connectivity index is 3.03. The van der Waals surface area contributed by atoms with E-state index in [1.807, 2.05) is 0 Å². The van der Waals surface area contributed by atoms with E-state index in [0.29, 0.717) is 0 Å². The van der Waals surface area contributed by atoms with Crippen molar-refractivity contribution >= 4 is 11.8 Å². The van der Waals surface area contributed by atoms with E-state index in [-0.39, 0.29) is 23.7 Å². The van der Waals surface area contributed by atoms with Gasteiger partial charge in [0.15, 0.2) is 0 Å². The first-order valence-corrected chi connectivity index (χ1v) is 4.68. The van der Waals surface area contributed by atoms with Crippen molar-refractivity contribution in [2.24, 2.45) is 0 Å². The van der Waals surface area contributed by atoms with Crippen molar-refractivity contribution in [1.29, 1.82) is 0 Å². The number of hydrogen-bond donors (Lipinski definition) is 1. The van der Waals surface area contributed by atoms with Crippen molar-refractivity contribution in [2.75, 3.05) is 13.7 Å². The predicted molar refractivity (Wildman–Crippen MR) is 55.6 cm³/mol. The van der Waals surface area contributed by atoms with E-state index in [4.69, 9.17) is 4.74 Å². The fraction of sp³-hybridized carbons (Fsp3) is 0.273. The minimum absolute atomic E-state index is 0.0442. The van der Waals surface area contributed by atoms with Crippen LogP contribution < -0.4 is 4.74 Å². The summed E-state index contributed by atoms with van der Waals surface area (Å²) in [5.41, 5.74) is 0.0683. The van der Waals surface area contributed by atoms with Gasteiger partial charge in [-0.15, -0.1) is 0 Å². The zero-order chi connectivity index (χ0) is 12.1. The normalized spacial score (nSPS) is 9.62. The molecule has 0 fully saturated rings. The average Bonchev–Trinajstić information content (AvgIpc) is 2.28. The Hall–Kier alpha value is -2.04. The van der Waals surface area contributed by atoms with E-state index in [0.717, 1.165) is 0 Å². The molecule has 0 aliphatic heterocycles. The van der Waals surface area contributed by atoms with Gasteiger partial charge in [-0.25, -0.2) is 4.79 Å². The molecule has 0 unspecified atom stereocenters. The highest BCUT2D eigenvalue weighted by Gasteiger charge is 2.21. The molecular weight excluding hydrogens is 212 g/mol. The second kappa shape index (κ2) is 5.16. The maximum atomic E-state index is 11.6. The Morgan fingerprint density at radius 2 is 2.06 bits per heavy atom. The number of hydrogen-bond acceptors (Lipinski definition) is 5. The molecule has 1 rings (SSSR count). The zero-order valence-corrected chi connectivity index (χ0v) is 9.02. The van der Waals surface area contributed by atoms with Crippen LogP contribution in [0.5, 0.6) is 11.5 Å². The van der Waals surface area contributed by atoms with Crippen molar-refractivity contribution in [3.63, 3.8) is 0 Å². The monoisotopic (exact) mass is 224 g/mol. The van der Waals surface area contributed by atoms with Gasteiger partial charge in [-0.1, -0.05) is 0 Å². The molecule has 0 spiro atoms. The molecule has 0 amide bonds. The van der Waals surface area contributed by atoms with Crippen LogP contribution in [0.3, 0.4) is 0 Å². The van der Waals surface area contributed by atoms with Crippen LogP contribution in [0.4, 0.5) is 0 Å². The number of esters is 1. The number of phenols is 1. The molecule has 0 heterocycles. The summed E-state index contributed by atoms with van der Waals surface area (Å²) in [6.45, 7) is 1.74. The van der Waals surface area contributed by atoms with Crippen LogP contribution in [0, 0.1) is 0 Å². The first kappa shape index (κ1) is 12.0. The smallest absolute Gasteiger partial charge is 0.379 e. The maximum absolute atomic E-state index is 11.6. The molecule has 0 aromatic heterocycles. The Labute approximate surface area is 92.6 Å². The first-order chi connectivity index (χ1) is 7.60. The molecule has 1 aromatic carbocycles. The van der Waals surface area contributed by atoms with Gasteiger partial charge in [0.05, 0.1) is 19.3 Å². The lowest BCUT2D eigenvalue weighted by molar-refractivity contribution is -0.137. The number of methoxy groups -OCH3 is 1. The molecule has 5 heteroatoms. The molecule has 0 aliphatic rings. The SMILES string of the molecule is CCOC(=O)C(=O)c1ccc(O)cc1OC. The van der Waals surface area contributed by atoms with Crippen LogP contribution in [-0.2, 0) is 9.53 Å². The summed E-state index contributed by atoms with van der Waals surface area (Å²) in [7, 11) is 1.34. The molecule has 0 radical (unpaired) electrons. The fourth-order valence-corrected chi connectivity index (χ4v) is 1.17. The van der Waals surface area contributed by atoms with Crippen molar-refractivity contribution < 1.29 is 24.2 Å². The van der Waals surface area contributed by atoms with Crippen LogP contribution in [-0.4, -0.2) is 30.6 Å². The third kappa shape index (κ3) is 2.50. The molecular formula is C11H12O5. The summed E-state index contributed by atoms with van der Waals surface area (Å²) in [6.07, 6.45) is 0. The number of ketones is 1. The number of carbonyl (C=O) groups excluding carboxylic acids is 2. The molecule has 1 aromatic rings. The summed E-state index contributed by atoms with van der Waals surface area (Å²) < 4.78 is 9.47. The number of rotatable bonds is 4. The largest absolute Gasteiger partial charge is 0.508 e. The maximum Gasteiger partial charge on any atom is 0.379 e.